The normalized spacial score (nSPS) is 17.4. The molecule has 0 amide bonds. The number of anilines is 2. The average molecular weight is 332 g/mol. The van der Waals surface area contributed by atoms with Crippen LogP contribution < -0.4 is 10.6 Å². The van der Waals surface area contributed by atoms with E-state index in [-0.39, 0.29) is 0 Å². The van der Waals surface area contributed by atoms with Crippen molar-refractivity contribution in [3.8, 4) is 0 Å². The van der Waals surface area contributed by atoms with Crippen LogP contribution in [-0.4, -0.2) is 18.1 Å². The van der Waals surface area contributed by atoms with E-state index in [0.29, 0.717) is 5.92 Å². The summed E-state index contributed by atoms with van der Waals surface area (Å²) < 4.78 is 1.07. The molecule has 1 aromatic heterocycles. The number of rotatable bonds is 3. The summed E-state index contributed by atoms with van der Waals surface area (Å²) in [5, 5.41) is 0. The van der Waals surface area contributed by atoms with Crippen molar-refractivity contribution in [2.75, 3.05) is 18.0 Å². The predicted octanol–water partition coefficient (Wildman–Crippen LogP) is 3.74. The number of benzene rings is 1. The second-order valence-electron chi connectivity index (χ2n) is 5.21. The Balaban J connectivity index is 2.06. The third-order valence-electron chi connectivity index (χ3n) is 3.91. The van der Waals surface area contributed by atoms with Gasteiger partial charge >= 0.3 is 0 Å². The molecule has 0 fully saturated rings. The molecule has 0 saturated heterocycles. The molecule has 0 radical (unpaired) electrons. The molecule has 20 heavy (non-hydrogen) atoms. The zero-order valence-corrected chi connectivity index (χ0v) is 13.1. The van der Waals surface area contributed by atoms with Gasteiger partial charge in [0.15, 0.2) is 0 Å². The fourth-order valence-corrected chi connectivity index (χ4v) is 3.31. The van der Waals surface area contributed by atoms with Gasteiger partial charge in [-0.05, 0) is 59.1 Å². The summed E-state index contributed by atoms with van der Waals surface area (Å²) in [5.41, 5.74) is 9.60. The van der Waals surface area contributed by atoms with Crippen LogP contribution in [0.3, 0.4) is 0 Å². The molecular formula is C16H18BrN3. The summed E-state index contributed by atoms with van der Waals surface area (Å²) in [6.45, 7) is 3.76. The fraction of sp³-hybridized carbons (Fsp3) is 0.312. The van der Waals surface area contributed by atoms with Crippen LogP contribution in [0.5, 0.6) is 0 Å². The van der Waals surface area contributed by atoms with Gasteiger partial charge in [0.2, 0.25) is 0 Å². The minimum Gasteiger partial charge on any atom is -0.330 e. The molecule has 3 rings (SSSR count). The van der Waals surface area contributed by atoms with Crippen LogP contribution in [0.4, 0.5) is 11.5 Å². The van der Waals surface area contributed by atoms with Crippen molar-refractivity contribution in [1.82, 2.24) is 4.98 Å². The second kappa shape index (κ2) is 5.54. The molecule has 0 bridgehead atoms. The molecule has 1 unspecified atom stereocenters. The van der Waals surface area contributed by atoms with Crippen molar-refractivity contribution in [2.45, 2.75) is 19.3 Å². The molecule has 2 N–H and O–H groups in total. The minimum atomic E-state index is 0.491. The maximum absolute atomic E-state index is 5.76. The highest BCUT2D eigenvalue weighted by atomic mass is 79.9. The van der Waals surface area contributed by atoms with E-state index >= 15 is 0 Å². The Morgan fingerprint density at radius 2 is 2.15 bits per heavy atom. The number of aromatic nitrogens is 1. The van der Waals surface area contributed by atoms with Crippen LogP contribution in [0.15, 0.2) is 41.0 Å². The molecule has 1 aliphatic rings. The molecule has 3 nitrogen and oxygen atoms in total. The maximum atomic E-state index is 5.76. The Kier molecular flexibility index (Phi) is 3.76. The third kappa shape index (κ3) is 2.23. The van der Waals surface area contributed by atoms with Crippen LogP contribution in [-0.2, 0) is 0 Å². The summed E-state index contributed by atoms with van der Waals surface area (Å²) in [5.74, 6) is 1.49. The fourth-order valence-electron chi connectivity index (χ4n) is 2.86. The molecule has 0 aliphatic carbocycles. The van der Waals surface area contributed by atoms with Gasteiger partial charge in [0.25, 0.3) is 0 Å². The number of halogens is 1. The first kappa shape index (κ1) is 13.6. The van der Waals surface area contributed by atoms with Crippen LogP contribution in [0, 0.1) is 6.92 Å². The number of aryl methyl sites for hydroxylation is 1. The van der Waals surface area contributed by atoms with Gasteiger partial charge in [0, 0.05) is 24.3 Å². The molecule has 1 atom stereocenters. The first-order chi connectivity index (χ1) is 9.72. The van der Waals surface area contributed by atoms with Crippen LogP contribution in [0.1, 0.15) is 23.5 Å². The molecule has 0 spiro atoms. The van der Waals surface area contributed by atoms with Gasteiger partial charge in [0.1, 0.15) is 5.82 Å². The van der Waals surface area contributed by atoms with E-state index in [4.69, 9.17) is 5.73 Å². The first-order valence-electron chi connectivity index (χ1n) is 6.90. The standard InChI is InChI=1S/C16H18BrN3/c1-11-7-9-19-16(15(11)17)20-10-12(6-8-18)13-4-2-3-5-14(13)20/h2-5,7,9,12H,6,8,10,18H2,1H3. The van der Waals surface area contributed by atoms with E-state index in [1.807, 2.05) is 12.3 Å². The molecule has 1 aliphatic heterocycles. The summed E-state index contributed by atoms with van der Waals surface area (Å²) in [7, 11) is 0. The highest BCUT2D eigenvalue weighted by Crippen LogP contribution is 2.43. The van der Waals surface area contributed by atoms with Gasteiger partial charge in [-0.15, -0.1) is 0 Å². The zero-order valence-electron chi connectivity index (χ0n) is 11.5. The summed E-state index contributed by atoms with van der Waals surface area (Å²) >= 11 is 3.67. The van der Waals surface area contributed by atoms with Gasteiger partial charge < -0.3 is 10.6 Å². The number of nitrogens with two attached hydrogens (primary N) is 1. The summed E-state index contributed by atoms with van der Waals surface area (Å²) in [6, 6.07) is 10.6. The lowest BCUT2D eigenvalue weighted by atomic mass is 9.98. The Bertz CT molecular complexity index is 627. The highest BCUT2D eigenvalue weighted by Gasteiger charge is 2.30. The van der Waals surface area contributed by atoms with Crippen LogP contribution in [0.2, 0.25) is 0 Å². The largest absolute Gasteiger partial charge is 0.330 e. The number of nitrogens with zero attached hydrogens (tertiary/aromatic N) is 2. The molecule has 2 aromatic rings. The van der Waals surface area contributed by atoms with Gasteiger partial charge in [-0.25, -0.2) is 4.98 Å². The number of hydrogen-bond donors (Lipinski definition) is 1. The van der Waals surface area contributed by atoms with E-state index in [2.05, 4.69) is 57.0 Å². The van der Waals surface area contributed by atoms with E-state index in [9.17, 15) is 0 Å². The van der Waals surface area contributed by atoms with E-state index in [1.54, 1.807) is 0 Å². The lowest BCUT2D eigenvalue weighted by molar-refractivity contribution is 0.667. The number of pyridine rings is 1. The molecular weight excluding hydrogens is 314 g/mol. The number of fused-ring (bicyclic) bond motifs is 1. The minimum absolute atomic E-state index is 0.491. The number of hydrogen-bond acceptors (Lipinski definition) is 3. The molecule has 4 heteroatoms. The van der Waals surface area contributed by atoms with E-state index < -0.39 is 0 Å². The Morgan fingerprint density at radius 3 is 2.95 bits per heavy atom. The zero-order chi connectivity index (χ0) is 14.1. The van der Waals surface area contributed by atoms with Crippen molar-refractivity contribution < 1.29 is 0 Å². The van der Waals surface area contributed by atoms with Crippen molar-refractivity contribution in [3.05, 3.63) is 52.1 Å². The molecule has 2 heterocycles. The van der Waals surface area contributed by atoms with E-state index in [0.717, 1.165) is 29.8 Å². The van der Waals surface area contributed by atoms with Crippen LogP contribution in [0.25, 0.3) is 0 Å². The highest BCUT2D eigenvalue weighted by molar-refractivity contribution is 9.10. The van der Waals surface area contributed by atoms with Crippen molar-refractivity contribution >= 4 is 27.4 Å². The van der Waals surface area contributed by atoms with Gasteiger partial charge in [0.05, 0.1) is 4.47 Å². The summed E-state index contributed by atoms with van der Waals surface area (Å²) in [4.78, 5) is 6.86. The lowest BCUT2D eigenvalue weighted by Gasteiger charge is -2.21. The summed E-state index contributed by atoms with van der Waals surface area (Å²) in [6.07, 6.45) is 2.88. The predicted molar refractivity (Wildman–Crippen MR) is 86.5 cm³/mol. The lowest BCUT2D eigenvalue weighted by Crippen LogP contribution is -2.19. The van der Waals surface area contributed by atoms with Crippen molar-refractivity contribution in [1.29, 1.82) is 0 Å². The van der Waals surface area contributed by atoms with Crippen molar-refractivity contribution in [2.24, 2.45) is 5.73 Å². The van der Waals surface area contributed by atoms with Gasteiger partial charge in [-0.3, -0.25) is 0 Å². The quantitative estimate of drug-likeness (QED) is 0.931. The van der Waals surface area contributed by atoms with Gasteiger partial charge in [-0.2, -0.15) is 0 Å². The molecule has 1 aromatic carbocycles. The Morgan fingerprint density at radius 1 is 1.35 bits per heavy atom. The maximum Gasteiger partial charge on any atom is 0.147 e. The molecule has 104 valence electrons. The molecule has 0 saturated carbocycles. The second-order valence-corrected chi connectivity index (χ2v) is 6.00. The average Bonchev–Trinajstić information content (AvgIpc) is 2.82. The topological polar surface area (TPSA) is 42.2 Å². The smallest absolute Gasteiger partial charge is 0.147 e. The Hall–Kier alpha value is -1.39. The monoisotopic (exact) mass is 331 g/mol. The first-order valence-corrected chi connectivity index (χ1v) is 7.69. The van der Waals surface area contributed by atoms with Gasteiger partial charge in [-0.1, -0.05) is 18.2 Å². The van der Waals surface area contributed by atoms with Crippen LogP contribution >= 0.6 is 15.9 Å². The van der Waals surface area contributed by atoms with E-state index in [1.165, 1.54) is 16.8 Å². The third-order valence-corrected chi connectivity index (χ3v) is 4.89. The Labute approximate surface area is 127 Å². The van der Waals surface area contributed by atoms with Crippen molar-refractivity contribution in [3.63, 3.8) is 0 Å². The SMILES string of the molecule is Cc1ccnc(N2CC(CCN)c3ccccc32)c1Br. The number of para-hydroxylation sites is 1.